The highest BCUT2D eigenvalue weighted by Gasteiger charge is 2.16. The normalized spacial score (nSPS) is 14.6. The van der Waals surface area contributed by atoms with Gasteiger partial charge in [-0.2, -0.15) is 4.98 Å². The molecule has 1 aliphatic heterocycles. The zero-order valence-corrected chi connectivity index (χ0v) is 13.7. The summed E-state index contributed by atoms with van der Waals surface area (Å²) in [6.45, 7) is 2.12. The lowest BCUT2D eigenvalue weighted by atomic mass is 10.2. The lowest BCUT2D eigenvalue weighted by Crippen LogP contribution is -2.23. The largest absolute Gasteiger partial charge is 0.358 e. The second-order valence-electron chi connectivity index (χ2n) is 4.77. The number of thiocarbonyl (C=S) groups is 1. The number of hydrogen-bond acceptors (Lipinski definition) is 5. The number of halogens is 1. The van der Waals surface area contributed by atoms with Crippen molar-refractivity contribution in [2.45, 2.75) is 18.6 Å². The molecule has 2 heterocycles. The molecular formula is C14H14ClN3OS2. The van der Waals surface area contributed by atoms with E-state index in [0.29, 0.717) is 22.5 Å². The smallest absolute Gasteiger partial charge is 0.237 e. The molecule has 4 nitrogen and oxygen atoms in total. The van der Waals surface area contributed by atoms with E-state index in [1.807, 2.05) is 24.3 Å². The highest BCUT2D eigenvalue weighted by molar-refractivity contribution is 8.22. The van der Waals surface area contributed by atoms with E-state index in [2.05, 4.69) is 15.0 Å². The van der Waals surface area contributed by atoms with E-state index in [9.17, 15) is 0 Å². The summed E-state index contributed by atoms with van der Waals surface area (Å²) in [6.07, 6.45) is 2.44. The summed E-state index contributed by atoms with van der Waals surface area (Å²) in [4.78, 5) is 6.62. The molecule has 1 fully saturated rings. The Balaban J connectivity index is 1.61. The van der Waals surface area contributed by atoms with Crippen LogP contribution in [0, 0.1) is 0 Å². The molecule has 1 saturated heterocycles. The molecule has 1 aromatic carbocycles. The molecule has 0 amide bonds. The van der Waals surface area contributed by atoms with Gasteiger partial charge in [-0.05, 0) is 25.0 Å². The first-order valence-electron chi connectivity index (χ1n) is 6.72. The molecule has 0 aliphatic carbocycles. The molecule has 0 radical (unpaired) electrons. The molecule has 0 N–H and O–H groups in total. The van der Waals surface area contributed by atoms with Crippen LogP contribution >= 0.6 is 35.6 Å². The van der Waals surface area contributed by atoms with Crippen LogP contribution in [0.25, 0.3) is 11.4 Å². The third kappa shape index (κ3) is 3.75. The van der Waals surface area contributed by atoms with Crippen molar-refractivity contribution in [3.63, 3.8) is 0 Å². The number of benzene rings is 1. The fourth-order valence-electron chi connectivity index (χ4n) is 2.17. The molecule has 110 valence electrons. The van der Waals surface area contributed by atoms with Crippen LogP contribution in [0.3, 0.4) is 0 Å². The zero-order chi connectivity index (χ0) is 14.7. The summed E-state index contributed by atoms with van der Waals surface area (Å²) in [5, 5.41) is 4.64. The maximum Gasteiger partial charge on any atom is 0.237 e. The van der Waals surface area contributed by atoms with Crippen LogP contribution < -0.4 is 0 Å². The molecule has 1 aromatic heterocycles. The highest BCUT2D eigenvalue weighted by atomic mass is 35.5. The monoisotopic (exact) mass is 339 g/mol. The van der Waals surface area contributed by atoms with Crippen molar-refractivity contribution < 1.29 is 4.52 Å². The fourth-order valence-corrected chi connectivity index (χ4v) is 3.45. The Morgan fingerprint density at radius 3 is 2.95 bits per heavy atom. The minimum Gasteiger partial charge on any atom is -0.358 e. The molecule has 0 spiro atoms. The second kappa shape index (κ2) is 6.77. The number of likely N-dealkylation sites (tertiary alicyclic amines) is 1. The van der Waals surface area contributed by atoms with Crippen LogP contribution in [0.4, 0.5) is 0 Å². The standard InChI is InChI=1S/C14H14ClN3OS2/c15-11-5-3-4-10(8-11)13-16-12(19-17-13)9-21-14(20)18-6-1-2-7-18/h3-5,8H,1-2,6-7,9H2. The Hall–Kier alpha value is -1.11. The third-order valence-electron chi connectivity index (χ3n) is 3.23. The first-order valence-corrected chi connectivity index (χ1v) is 8.50. The quantitative estimate of drug-likeness (QED) is 0.787. The molecule has 0 saturated carbocycles. The van der Waals surface area contributed by atoms with Crippen molar-refractivity contribution >= 4 is 39.9 Å². The van der Waals surface area contributed by atoms with Crippen molar-refractivity contribution in [1.82, 2.24) is 15.0 Å². The zero-order valence-electron chi connectivity index (χ0n) is 11.3. The molecule has 1 aliphatic rings. The number of thioether (sulfide) groups is 1. The number of rotatable bonds is 3. The maximum atomic E-state index is 5.96. The lowest BCUT2D eigenvalue weighted by Gasteiger charge is -2.16. The first-order chi connectivity index (χ1) is 10.2. The van der Waals surface area contributed by atoms with Crippen LogP contribution in [-0.4, -0.2) is 32.5 Å². The number of aromatic nitrogens is 2. The SMILES string of the molecule is S=C(SCc1nc(-c2cccc(Cl)c2)no1)N1CCCC1. The van der Waals surface area contributed by atoms with E-state index >= 15 is 0 Å². The van der Waals surface area contributed by atoms with E-state index < -0.39 is 0 Å². The molecule has 0 atom stereocenters. The Morgan fingerprint density at radius 1 is 1.38 bits per heavy atom. The van der Waals surface area contributed by atoms with Gasteiger partial charge in [0.25, 0.3) is 0 Å². The van der Waals surface area contributed by atoms with Crippen molar-refractivity contribution in [2.24, 2.45) is 0 Å². The van der Waals surface area contributed by atoms with Gasteiger partial charge in [0.1, 0.15) is 4.32 Å². The van der Waals surface area contributed by atoms with Gasteiger partial charge in [-0.25, -0.2) is 0 Å². The summed E-state index contributed by atoms with van der Waals surface area (Å²) in [5.74, 6) is 1.74. The van der Waals surface area contributed by atoms with E-state index in [1.165, 1.54) is 12.8 Å². The van der Waals surface area contributed by atoms with Gasteiger partial charge >= 0.3 is 0 Å². The van der Waals surface area contributed by atoms with Gasteiger partial charge in [0.2, 0.25) is 11.7 Å². The Bertz CT molecular complexity index is 641. The minimum atomic E-state index is 0.556. The number of hydrogen-bond donors (Lipinski definition) is 0. The molecular weight excluding hydrogens is 326 g/mol. The molecule has 0 unspecified atom stereocenters. The number of nitrogens with zero attached hydrogens (tertiary/aromatic N) is 3. The van der Waals surface area contributed by atoms with Crippen molar-refractivity contribution in [3.8, 4) is 11.4 Å². The molecule has 0 bridgehead atoms. The summed E-state index contributed by atoms with van der Waals surface area (Å²) < 4.78 is 6.18. The van der Waals surface area contributed by atoms with E-state index in [-0.39, 0.29) is 0 Å². The van der Waals surface area contributed by atoms with E-state index in [4.69, 9.17) is 28.3 Å². The van der Waals surface area contributed by atoms with Gasteiger partial charge in [0.05, 0.1) is 5.75 Å². The van der Waals surface area contributed by atoms with Crippen LogP contribution in [0.1, 0.15) is 18.7 Å². The van der Waals surface area contributed by atoms with Crippen molar-refractivity contribution in [1.29, 1.82) is 0 Å². The van der Waals surface area contributed by atoms with Crippen LogP contribution in [0.2, 0.25) is 5.02 Å². The summed E-state index contributed by atoms with van der Waals surface area (Å²) in [7, 11) is 0. The predicted octanol–water partition coefficient (Wildman–Crippen LogP) is 4.00. The summed E-state index contributed by atoms with van der Waals surface area (Å²) in [5.41, 5.74) is 0.851. The highest BCUT2D eigenvalue weighted by Crippen LogP contribution is 2.23. The van der Waals surface area contributed by atoms with Crippen LogP contribution in [0.5, 0.6) is 0 Å². The van der Waals surface area contributed by atoms with Gasteiger partial charge in [-0.1, -0.05) is 52.9 Å². The van der Waals surface area contributed by atoms with Gasteiger partial charge in [0.15, 0.2) is 0 Å². The Labute approximate surface area is 137 Å². The molecule has 7 heteroatoms. The third-order valence-corrected chi connectivity index (χ3v) is 4.98. The van der Waals surface area contributed by atoms with Gasteiger partial charge < -0.3 is 9.42 Å². The van der Waals surface area contributed by atoms with Crippen molar-refractivity contribution in [2.75, 3.05) is 13.1 Å². The van der Waals surface area contributed by atoms with Crippen LogP contribution in [0.15, 0.2) is 28.8 Å². The topological polar surface area (TPSA) is 42.2 Å². The molecule has 2 aromatic rings. The van der Waals surface area contributed by atoms with Crippen molar-refractivity contribution in [3.05, 3.63) is 35.2 Å². The average Bonchev–Trinajstić information content (AvgIpc) is 3.16. The van der Waals surface area contributed by atoms with E-state index in [1.54, 1.807) is 11.8 Å². The fraction of sp³-hybridized carbons (Fsp3) is 0.357. The van der Waals surface area contributed by atoms with Crippen LogP contribution in [-0.2, 0) is 5.75 Å². The molecule has 3 rings (SSSR count). The minimum absolute atomic E-state index is 0.556. The maximum absolute atomic E-state index is 5.96. The van der Waals surface area contributed by atoms with Gasteiger partial charge in [-0.3, -0.25) is 0 Å². The van der Waals surface area contributed by atoms with E-state index in [0.717, 1.165) is 23.0 Å². The first kappa shape index (κ1) is 14.8. The Kier molecular flexibility index (Phi) is 4.77. The second-order valence-corrected chi connectivity index (χ2v) is 6.82. The summed E-state index contributed by atoms with van der Waals surface area (Å²) >= 11 is 12.9. The lowest BCUT2D eigenvalue weighted by molar-refractivity contribution is 0.392. The molecule has 21 heavy (non-hydrogen) atoms. The average molecular weight is 340 g/mol. The predicted molar refractivity (Wildman–Crippen MR) is 89.4 cm³/mol. The van der Waals surface area contributed by atoms with Gasteiger partial charge in [-0.15, -0.1) is 0 Å². The van der Waals surface area contributed by atoms with Gasteiger partial charge in [0, 0.05) is 23.7 Å². The summed E-state index contributed by atoms with van der Waals surface area (Å²) in [6, 6.07) is 7.40. The Morgan fingerprint density at radius 2 is 2.19 bits per heavy atom.